The molecular formula is C22H25Cl2N3O6. The van der Waals surface area contributed by atoms with Gasteiger partial charge in [-0.1, -0.05) is 23.2 Å². The molecule has 0 bridgehead atoms. The van der Waals surface area contributed by atoms with Crippen LogP contribution in [0.1, 0.15) is 20.8 Å². The Hall–Kier alpha value is -3.04. The number of Topliss-reactive ketones (excluding diaryl/α,β-unsaturated/α-hetero) is 1. The zero-order chi connectivity index (χ0) is 24.5. The van der Waals surface area contributed by atoms with Crippen molar-refractivity contribution in [3.63, 3.8) is 0 Å². The Morgan fingerprint density at radius 1 is 1.03 bits per heavy atom. The number of amides is 1. The summed E-state index contributed by atoms with van der Waals surface area (Å²) in [6, 6.07) is 4.83. The number of azo groups is 1. The van der Waals surface area contributed by atoms with Crippen molar-refractivity contribution in [3.8, 4) is 23.0 Å². The Labute approximate surface area is 202 Å². The molecule has 0 aliphatic carbocycles. The molecule has 0 radical (unpaired) electrons. The van der Waals surface area contributed by atoms with Crippen LogP contribution in [0.2, 0.25) is 10.0 Å². The number of hydrogen-bond donors (Lipinski definition) is 1. The van der Waals surface area contributed by atoms with E-state index in [0.29, 0.717) is 30.5 Å². The van der Waals surface area contributed by atoms with Crippen LogP contribution in [0.15, 0.2) is 34.5 Å². The Balaban J connectivity index is 2.41. The first kappa shape index (κ1) is 26.2. The summed E-state index contributed by atoms with van der Waals surface area (Å²) in [5, 5.41) is 10.9. The van der Waals surface area contributed by atoms with Crippen LogP contribution in [0.5, 0.6) is 23.0 Å². The number of nitrogens with zero attached hydrogens (tertiary/aromatic N) is 2. The van der Waals surface area contributed by atoms with E-state index in [-0.39, 0.29) is 27.2 Å². The molecule has 0 aromatic heterocycles. The molecule has 1 unspecified atom stereocenters. The van der Waals surface area contributed by atoms with Crippen molar-refractivity contribution in [2.45, 2.75) is 26.8 Å². The molecule has 2 rings (SSSR count). The molecule has 1 amide bonds. The fourth-order valence-electron chi connectivity index (χ4n) is 2.78. The van der Waals surface area contributed by atoms with Crippen molar-refractivity contribution in [2.24, 2.45) is 10.2 Å². The van der Waals surface area contributed by atoms with Gasteiger partial charge in [-0.25, -0.2) is 0 Å². The van der Waals surface area contributed by atoms with Crippen LogP contribution >= 0.6 is 23.2 Å². The lowest BCUT2D eigenvalue weighted by atomic mass is 10.2. The van der Waals surface area contributed by atoms with E-state index < -0.39 is 17.7 Å². The minimum Gasteiger partial charge on any atom is -0.495 e. The maximum Gasteiger partial charge on any atom is 0.258 e. The van der Waals surface area contributed by atoms with Gasteiger partial charge >= 0.3 is 0 Å². The number of methoxy groups -OCH3 is 2. The summed E-state index contributed by atoms with van der Waals surface area (Å²) in [5.41, 5.74) is 0.352. The Bertz CT molecular complexity index is 1050. The lowest BCUT2D eigenvalue weighted by Crippen LogP contribution is -2.32. The second-order valence-electron chi connectivity index (χ2n) is 6.50. The highest BCUT2D eigenvalue weighted by Crippen LogP contribution is 2.42. The van der Waals surface area contributed by atoms with Gasteiger partial charge in [0.05, 0.1) is 38.1 Å². The molecule has 178 valence electrons. The average molecular weight is 498 g/mol. The van der Waals surface area contributed by atoms with Crippen molar-refractivity contribution >= 4 is 46.3 Å². The number of anilines is 1. The van der Waals surface area contributed by atoms with Crippen LogP contribution in [0.25, 0.3) is 0 Å². The van der Waals surface area contributed by atoms with E-state index in [1.165, 1.54) is 21.1 Å². The molecule has 0 spiro atoms. The van der Waals surface area contributed by atoms with Crippen molar-refractivity contribution in [2.75, 3.05) is 32.8 Å². The van der Waals surface area contributed by atoms with Gasteiger partial charge in [0.2, 0.25) is 6.04 Å². The number of carbonyl (C=O) groups excluding carboxylic acids is 2. The number of nitrogens with one attached hydrogen (secondary N) is 1. The van der Waals surface area contributed by atoms with Gasteiger partial charge in [-0.2, -0.15) is 5.11 Å². The first-order chi connectivity index (χ1) is 15.8. The summed E-state index contributed by atoms with van der Waals surface area (Å²) < 4.78 is 21.4. The Morgan fingerprint density at radius 2 is 1.67 bits per heavy atom. The molecule has 2 aromatic rings. The predicted molar refractivity (Wildman–Crippen MR) is 126 cm³/mol. The Morgan fingerprint density at radius 3 is 2.24 bits per heavy atom. The van der Waals surface area contributed by atoms with Crippen molar-refractivity contribution in [1.29, 1.82) is 0 Å². The van der Waals surface area contributed by atoms with Gasteiger partial charge in [-0.3, -0.25) is 9.59 Å². The third-order valence-electron chi connectivity index (χ3n) is 4.26. The van der Waals surface area contributed by atoms with Gasteiger partial charge in [0, 0.05) is 12.1 Å². The number of carbonyl (C=O) groups is 2. The van der Waals surface area contributed by atoms with E-state index in [1.807, 2.05) is 6.92 Å². The van der Waals surface area contributed by atoms with Gasteiger partial charge in [-0.05, 0) is 32.9 Å². The number of halogens is 2. The molecule has 1 atom stereocenters. The van der Waals surface area contributed by atoms with E-state index in [1.54, 1.807) is 31.2 Å². The van der Waals surface area contributed by atoms with Gasteiger partial charge in [0.15, 0.2) is 11.5 Å². The topological polar surface area (TPSA) is 108 Å². The van der Waals surface area contributed by atoms with Crippen LogP contribution in [-0.2, 0) is 9.59 Å². The lowest BCUT2D eigenvalue weighted by molar-refractivity contribution is -0.126. The highest BCUT2D eigenvalue weighted by molar-refractivity contribution is 6.35. The molecule has 9 nitrogen and oxygen atoms in total. The number of benzene rings is 2. The molecule has 0 saturated carbocycles. The molecule has 0 aliphatic rings. The van der Waals surface area contributed by atoms with Crippen LogP contribution in [0.4, 0.5) is 11.4 Å². The van der Waals surface area contributed by atoms with Crippen molar-refractivity contribution in [1.82, 2.24) is 0 Å². The van der Waals surface area contributed by atoms with E-state index in [9.17, 15) is 9.59 Å². The third-order valence-corrected chi connectivity index (χ3v) is 4.91. The SMILES string of the molecule is CCOc1cc(Cl)c(OCC)c(NC(=O)C(N=Nc2c(OC)ccc(OC)c2Cl)C(C)=O)c1. The van der Waals surface area contributed by atoms with Gasteiger partial charge in [0.25, 0.3) is 5.91 Å². The predicted octanol–water partition coefficient (Wildman–Crippen LogP) is 5.49. The van der Waals surface area contributed by atoms with E-state index in [4.69, 9.17) is 42.1 Å². The number of ketones is 1. The number of hydrogen-bond acceptors (Lipinski definition) is 8. The average Bonchev–Trinajstić information content (AvgIpc) is 2.77. The van der Waals surface area contributed by atoms with E-state index in [0.717, 1.165) is 0 Å². The molecular weight excluding hydrogens is 473 g/mol. The first-order valence-electron chi connectivity index (χ1n) is 9.99. The second-order valence-corrected chi connectivity index (χ2v) is 7.28. The minimum atomic E-state index is -1.47. The minimum absolute atomic E-state index is 0.119. The van der Waals surface area contributed by atoms with Crippen LogP contribution in [0.3, 0.4) is 0 Å². The molecule has 1 N–H and O–H groups in total. The first-order valence-corrected chi connectivity index (χ1v) is 10.7. The largest absolute Gasteiger partial charge is 0.495 e. The lowest BCUT2D eigenvalue weighted by Gasteiger charge is -2.16. The molecule has 0 aliphatic heterocycles. The van der Waals surface area contributed by atoms with Crippen molar-refractivity contribution < 1.29 is 28.5 Å². The standard InChI is InChI=1S/C22H25Cl2N3O6/c1-6-32-13-10-14(23)21(33-7-2)15(11-13)25-22(29)19(12(3)28)26-27-20-17(31-5)9-8-16(30-4)18(20)24/h8-11,19H,6-7H2,1-5H3,(H,25,29). The van der Waals surface area contributed by atoms with Gasteiger partial charge in [0.1, 0.15) is 28.0 Å². The number of ether oxygens (including phenoxy) is 4. The fourth-order valence-corrected chi connectivity index (χ4v) is 3.32. The van der Waals surface area contributed by atoms with Crippen molar-refractivity contribution in [3.05, 3.63) is 34.3 Å². The van der Waals surface area contributed by atoms with Crippen LogP contribution < -0.4 is 24.3 Å². The molecule has 33 heavy (non-hydrogen) atoms. The summed E-state index contributed by atoms with van der Waals surface area (Å²) in [7, 11) is 2.87. The summed E-state index contributed by atoms with van der Waals surface area (Å²) in [5.74, 6) is 0.0121. The summed E-state index contributed by atoms with van der Waals surface area (Å²) in [4.78, 5) is 25.2. The maximum atomic E-state index is 13.0. The normalized spacial score (nSPS) is 11.7. The highest BCUT2D eigenvalue weighted by Gasteiger charge is 2.26. The zero-order valence-corrected chi connectivity index (χ0v) is 20.4. The zero-order valence-electron chi connectivity index (χ0n) is 18.9. The summed E-state index contributed by atoms with van der Waals surface area (Å²) in [6.07, 6.45) is 0. The molecule has 0 fully saturated rings. The molecule has 0 heterocycles. The number of rotatable bonds is 11. The quantitative estimate of drug-likeness (QED) is 0.324. The van der Waals surface area contributed by atoms with Gasteiger partial charge in [-0.15, -0.1) is 5.11 Å². The smallest absolute Gasteiger partial charge is 0.258 e. The summed E-state index contributed by atoms with van der Waals surface area (Å²) >= 11 is 12.6. The monoisotopic (exact) mass is 497 g/mol. The molecule has 0 saturated heterocycles. The van der Waals surface area contributed by atoms with E-state index in [2.05, 4.69) is 15.5 Å². The third kappa shape index (κ3) is 6.49. The van der Waals surface area contributed by atoms with Crippen LogP contribution in [0, 0.1) is 0 Å². The van der Waals surface area contributed by atoms with Gasteiger partial charge < -0.3 is 24.3 Å². The summed E-state index contributed by atoms with van der Waals surface area (Å²) in [6.45, 7) is 5.51. The molecule has 11 heteroatoms. The second kappa shape index (κ2) is 12.3. The van der Waals surface area contributed by atoms with E-state index >= 15 is 0 Å². The highest BCUT2D eigenvalue weighted by atomic mass is 35.5. The Kier molecular flexibility index (Phi) is 9.74. The fraction of sp³-hybridized carbons (Fsp3) is 0.364. The maximum absolute atomic E-state index is 13.0. The molecule has 2 aromatic carbocycles. The van der Waals surface area contributed by atoms with Crippen LogP contribution in [-0.4, -0.2) is 45.2 Å².